The number of alkyl halides is 3. The maximum Gasteiger partial charge on any atom is 0.390 e. The summed E-state index contributed by atoms with van der Waals surface area (Å²) in [5.74, 6) is 0. The molecule has 0 saturated heterocycles. The molecule has 1 aromatic heterocycles. The molecule has 0 spiro atoms. The summed E-state index contributed by atoms with van der Waals surface area (Å²) in [6, 6.07) is -0.575. The fourth-order valence-corrected chi connectivity index (χ4v) is 1.20. The Morgan fingerprint density at radius 1 is 1.47 bits per heavy atom. The van der Waals surface area contributed by atoms with Gasteiger partial charge in [0.05, 0.1) is 19.2 Å². The minimum atomic E-state index is -4.11. The van der Waals surface area contributed by atoms with Crippen LogP contribution in [0.3, 0.4) is 0 Å². The Balaban J connectivity index is 2.15. The molecule has 1 aromatic rings. The van der Waals surface area contributed by atoms with Crippen LogP contribution in [0.4, 0.5) is 13.2 Å². The van der Waals surface area contributed by atoms with E-state index in [4.69, 9.17) is 0 Å². The molecular formula is C8H13F3N4. The highest BCUT2D eigenvalue weighted by atomic mass is 19.4. The molecule has 0 fully saturated rings. The molecule has 4 nitrogen and oxygen atoms in total. The van der Waals surface area contributed by atoms with E-state index < -0.39 is 18.6 Å². The van der Waals surface area contributed by atoms with E-state index in [0.717, 1.165) is 0 Å². The van der Waals surface area contributed by atoms with Gasteiger partial charge in [0.25, 0.3) is 0 Å². The van der Waals surface area contributed by atoms with E-state index in [1.165, 1.54) is 13.1 Å². The molecule has 0 aliphatic heterocycles. The summed E-state index contributed by atoms with van der Waals surface area (Å²) in [5.41, 5.74) is 0. The van der Waals surface area contributed by atoms with Gasteiger partial charge in [-0.1, -0.05) is 5.21 Å². The van der Waals surface area contributed by atoms with E-state index in [1.54, 1.807) is 10.9 Å². The summed E-state index contributed by atoms with van der Waals surface area (Å²) in [6.45, 7) is 2.47. The van der Waals surface area contributed by atoms with Crippen molar-refractivity contribution in [3.8, 4) is 0 Å². The molecule has 1 atom stereocenters. The maximum atomic E-state index is 11.9. The standard InChI is InChI=1S/C8H13F3N4/c1-7(6-8(9,10)11)12-2-4-15-5-3-13-14-15/h3,5,7,12H,2,4,6H2,1H3. The lowest BCUT2D eigenvalue weighted by Gasteiger charge is -2.15. The average Bonchev–Trinajstić information content (AvgIpc) is 2.53. The second kappa shape index (κ2) is 5.11. The normalized spacial score (nSPS) is 14.1. The summed E-state index contributed by atoms with van der Waals surface area (Å²) in [7, 11) is 0. The van der Waals surface area contributed by atoms with Gasteiger partial charge in [-0.15, -0.1) is 5.10 Å². The van der Waals surface area contributed by atoms with Crippen molar-refractivity contribution in [2.75, 3.05) is 6.54 Å². The van der Waals surface area contributed by atoms with Gasteiger partial charge in [-0.25, -0.2) is 0 Å². The predicted molar refractivity (Wildman–Crippen MR) is 48.2 cm³/mol. The van der Waals surface area contributed by atoms with Gasteiger partial charge in [0.1, 0.15) is 0 Å². The Hall–Kier alpha value is -1.11. The van der Waals surface area contributed by atoms with Crippen LogP contribution in [0.2, 0.25) is 0 Å². The number of nitrogens with zero attached hydrogens (tertiary/aromatic N) is 3. The van der Waals surface area contributed by atoms with Crippen LogP contribution < -0.4 is 5.32 Å². The molecule has 15 heavy (non-hydrogen) atoms. The second-order valence-corrected chi connectivity index (χ2v) is 3.34. The zero-order valence-corrected chi connectivity index (χ0v) is 8.33. The van der Waals surface area contributed by atoms with Gasteiger partial charge in [-0.2, -0.15) is 13.2 Å². The smallest absolute Gasteiger partial charge is 0.312 e. The molecule has 0 aromatic carbocycles. The number of rotatable bonds is 5. The predicted octanol–water partition coefficient (Wildman–Crippen LogP) is 1.21. The van der Waals surface area contributed by atoms with Crippen molar-refractivity contribution in [3.63, 3.8) is 0 Å². The van der Waals surface area contributed by atoms with Crippen molar-refractivity contribution in [3.05, 3.63) is 12.4 Å². The van der Waals surface area contributed by atoms with Crippen LogP contribution in [-0.4, -0.2) is 33.8 Å². The van der Waals surface area contributed by atoms with E-state index >= 15 is 0 Å². The zero-order chi connectivity index (χ0) is 11.3. The highest BCUT2D eigenvalue weighted by molar-refractivity contribution is 4.68. The molecule has 0 aliphatic rings. The molecular weight excluding hydrogens is 209 g/mol. The first kappa shape index (κ1) is 12.0. The molecule has 1 N–H and O–H groups in total. The van der Waals surface area contributed by atoms with E-state index in [0.29, 0.717) is 13.1 Å². The number of hydrogen-bond acceptors (Lipinski definition) is 3. The van der Waals surface area contributed by atoms with Crippen molar-refractivity contribution in [1.29, 1.82) is 0 Å². The lowest BCUT2D eigenvalue weighted by molar-refractivity contribution is -0.139. The first-order chi connectivity index (χ1) is 6.97. The van der Waals surface area contributed by atoms with Crippen LogP contribution in [0, 0.1) is 0 Å². The summed E-state index contributed by atoms with van der Waals surface area (Å²) in [6.07, 6.45) is -1.74. The van der Waals surface area contributed by atoms with Crippen LogP contribution in [0.1, 0.15) is 13.3 Å². The van der Waals surface area contributed by atoms with Gasteiger partial charge < -0.3 is 5.32 Å². The van der Waals surface area contributed by atoms with E-state index in [9.17, 15) is 13.2 Å². The van der Waals surface area contributed by atoms with Gasteiger partial charge in [0.2, 0.25) is 0 Å². The first-order valence-corrected chi connectivity index (χ1v) is 4.61. The van der Waals surface area contributed by atoms with Gasteiger partial charge in [0.15, 0.2) is 0 Å². The largest absolute Gasteiger partial charge is 0.390 e. The lowest BCUT2D eigenvalue weighted by atomic mass is 10.2. The third-order valence-electron chi connectivity index (χ3n) is 1.84. The second-order valence-electron chi connectivity index (χ2n) is 3.34. The average molecular weight is 222 g/mol. The summed E-state index contributed by atoms with van der Waals surface area (Å²) >= 11 is 0. The Labute approximate surface area is 85.5 Å². The van der Waals surface area contributed by atoms with Crippen LogP contribution >= 0.6 is 0 Å². The van der Waals surface area contributed by atoms with Crippen molar-refractivity contribution in [2.24, 2.45) is 0 Å². The van der Waals surface area contributed by atoms with Crippen molar-refractivity contribution in [1.82, 2.24) is 20.3 Å². The summed E-state index contributed by atoms with van der Waals surface area (Å²) < 4.78 is 37.4. The molecule has 1 heterocycles. The minimum Gasteiger partial charge on any atom is -0.312 e. The highest BCUT2D eigenvalue weighted by Gasteiger charge is 2.29. The molecule has 1 unspecified atom stereocenters. The molecule has 7 heteroatoms. The maximum absolute atomic E-state index is 11.9. The van der Waals surface area contributed by atoms with Crippen LogP contribution in [0.15, 0.2) is 12.4 Å². The third kappa shape index (κ3) is 5.36. The SMILES string of the molecule is CC(CC(F)(F)F)NCCn1ccnn1. The number of nitrogens with one attached hydrogen (secondary N) is 1. The minimum absolute atomic E-state index is 0.445. The zero-order valence-electron chi connectivity index (χ0n) is 8.33. The molecule has 0 amide bonds. The van der Waals surface area contributed by atoms with E-state index in [2.05, 4.69) is 15.6 Å². The van der Waals surface area contributed by atoms with Crippen LogP contribution in [0.25, 0.3) is 0 Å². The summed E-state index contributed by atoms with van der Waals surface area (Å²) in [4.78, 5) is 0. The first-order valence-electron chi connectivity index (χ1n) is 4.61. The van der Waals surface area contributed by atoms with E-state index in [-0.39, 0.29) is 0 Å². The van der Waals surface area contributed by atoms with Crippen LogP contribution in [0.5, 0.6) is 0 Å². The Kier molecular flexibility index (Phi) is 4.07. The quantitative estimate of drug-likeness (QED) is 0.814. The summed E-state index contributed by atoms with van der Waals surface area (Å²) in [5, 5.41) is 10.0. The Bertz CT molecular complexity index is 270. The number of hydrogen-bond donors (Lipinski definition) is 1. The molecule has 0 saturated carbocycles. The van der Waals surface area contributed by atoms with Gasteiger partial charge >= 0.3 is 6.18 Å². The van der Waals surface area contributed by atoms with Crippen LogP contribution in [-0.2, 0) is 6.54 Å². The van der Waals surface area contributed by atoms with Crippen molar-refractivity contribution >= 4 is 0 Å². The fraction of sp³-hybridized carbons (Fsp3) is 0.750. The molecule has 0 aliphatic carbocycles. The van der Waals surface area contributed by atoms with Gasteiger partial charge in [-0.05, 0) is 6.92 Å². The monoisotopic (exact) mass is 222 g/mol. The Morgan fingerprint density at radius 3 is 2.73 bits per heavy atom. The van der Waals surface area contributed by atoms with Gasteiger partial charge in [0, 0.05) is 18.8 Å². The van der Waals surface area contributed by atoms with Crippen molar-refractivity contribution < 1.29 is 13.2 Å². The van der Waals surface area contributed by atoms with Gasteiger partial charge in [-0.3, -0.25) is 4.68 Å². The number of aromatic nitrogens is 3. The molecule has 0 bridgehead atoms. The molecule has 0 radical (unpaired) electrons. The highest BCUT2D eigenvalue weighted by Crippen LogP contribution is 2.21. The topological polar surface area (TPSA) is 42.7 Å². The van der Waals surface area contributed by atoms with E-state index in [1.807, 2.05) is 0 Å². The Morgan fingerprint density at radius 2 is 2.20 bits per heavy atom. The molecule has 86 valence electrons. The fourth-order valence-electron chi connectivity index (χ4n) is 1.20. The lowest BCUT2D eigenvalue weighted by Crippen LogP contribution is -2.33. The number of halogens is 3. The van der Waals surface area contributed by atoms with Crippen molar-refractivity contribution in [2.45, 2.75) is 32.1 Å². The third-order valence-corrected chi connectivity index (χ3v) is 1.84. The molecule has 1 rings (SSSR count).